The molecule has 1 aromatic rings. The maximum Gasteiger partial charge on any atom is 0.328 e. The third-order valence-electron chi connectivity index (χ3n) is 4.31. The van der Waals surface area contributed by atoms with Crippen LogP contribution < -0.4 is 0 Å². The molecule has 2 aliphatic heterocycles. The van der Waals surface area contributed by atoms with E-state index in [-0.39, 0.29) is 17.0 Å². The number of aromatic nitrogens is 1. The number of carbonyl (C=O) groups excluding carboxylic acids is 1. The fraction of sp³-hybridized carbons (Fsp3) is 0.357. The van der Waals surface area contributed by atoms with E-state index in [9.17, 15) is 28.2 Å². The van der Waals surface area contributed by atoms with Crippen LogP contribution in [0.2, 0.25) is 0 Å². The van der Waals surface area contributed by atoms with Gasteiger partial charge < -0.3 is 15.1 Å². The number of pyridine rings is 1. The Bertz CT molecular complexity index is 858. The van der Waals surface area contributed by atoms with Gasteiger partial charge in [-0.15, -0.1) is 0 Å². The minimum absolute atomic E-state index is 0.0577. The molecule has 3 heterocycles. The van der Waals surface area contributed by atoms with Crippen molar-refractivity contribution in [2.75, 3.05) is 0 Å². The summed E-state index contributed by atoms with van der Waals surface area (Å²) in [6.45, 7) is 2.59. The average molecular weight is 338 g/mol. The first-order chi connectivity index (χ1) is 10.6. The van der Waals surface area contributed by atoms with Crippen LogP contribution in [0, 0.1) is 0 Å². The normalized spacial score (nSPS) is 29.2. The zero-order chi connectivity index (χ0) is 17.2. The van der Waals surface area contributed by atoms with E-state index in [1.54, 1.807) is 0 Å². The number of aromatic hydroxyl groups is 1. The molecule has 3 rings (SSSR count). The Hall–Kier alpha value is -2.42. The summed E-state index contributed by atoms with van der Waals surface area (Å²) in [5.41, 5.74) is -0.0295. The van der Waals surface area contributed by atoms with E-state index < -0.39 is 37.9 Å². The summed E-state index contributed by atoms with van der Waals surface area (Å²) < 4.78 is 23.7. The predicted molar refractivity (Wildman–Crippen MR) is 78.9 cm³/mol. The molecule has 2 atom stereocenters. The Morgan fingerprint density at radius 2 is 2.09 bits per heavy atom. The van der Waals surface area contributed by atoms with Crippen LogP contribution in [0.1, 0.15) is 19.5 Å². The first-order valence-corrected chi connectivity index (χ1v) is 8.30. The molecule has 8 nitrogen and oxygen atoms in total. The lowest BCUT2D eigenvalue weighted by molar-refractivity contribution is -0.152. The summed E-state index contributed by atoms with van der Waals surface area (Å²) in [5.74, 6) is -2.24. The van der Waals surface area contributed by atoms with Crippen LogP contribution in [0.4, 0.5) is 0 Å². The van der Waals surface area contributed by atoms with Crippen LogP contribution in [0.3, 0.4) is 0 Å². The van der Waals surface area contributed by atoms with Gasteiger partial charge in [-0.25, -0.2) is 13.2 Å². The summed E-state index contributed by atoms with van der Waals surface area (Å²) in [7, 11) is -3.93. The standard InChI is InChI=1S/C14H14N2O6S/c1-14(2)10(13(19)20)16-11(18)7(12(16)23(14,21)22)6-8-9(17)4-3-5-15-8/h3-6,10,12,17H,1-2H3,(H,19,20)/b7-6-/t10-,12+/m0/s1. The molecule has 0 saturated carbocycles. The van der Waals surface area contributed by atoms with Gasteiger partial charge >= 0.3 is 5.97 Å². The van der Waals surface area contributed by atoms with Gasteiger partial charge in [0.05, 0.1) is 5.57 Å². The monoisotopic (exact) mass is 338 g/mol. The smallest absolute Gasteiger partial charge is 0.328 e. The van der Waals surface area contributed by atoms with Gasteiger partial charge in [0.15, 0.2) is 21.3 Å². The van der Waals surface area contributed by atoms with Crippen molar-refractivity contribution >= 4 is 27.8 Å². The number of carbonyl (C=O) groups is 2. The number of aliphatic carboxylic acids is 1. The molecule has 0 radical (unpaired) electrons. The van der Waals surface area contributed by atoms with Crippen LogP contribution in [0.15, 0.2) is 23.9 Å². The molecule has 1 amide bonds. The molecular formula is C14H14N2O6S. The fourth-order valence-electron chi connectivity index (χ4n) is 3.01. The zero-order valence-electron chi connectivity index (χ0n) is 12.3. The summed E-state index contributed by atoms with van der Waals surface area (Å²) in [6, 6.07) is 1.40. The molecule has 2 N–H and O–H groups in total. The van der Waals surface area contributed by atoms with Crippen molar-refractivity contribution in [1.29, 1.82) is 0 Å². The molecule has 23 heavy (non-hydrogen) atoms. The number of β-lactam (4-membered cyclic amide) rings is 1. The summed E-state index contributed by atoms with van der Waals surface area (Å²) in [5, 5.41) is 17.7. The predicted octanol–water partition coefficient (Wildman–Crippen LogP) is -0.000900. The van der Waals surface area contributed by atoms with Crippen molar-refractivity contribution in [3.8, 4) is 5.75 Å². The lowest BCUT2D eigenvalue weighted by Crippen LogP contribution is -2.58. The Morgan fingerprint density at radius 1 is 1.43 bits per heavy atom. The molecule has 0 spiro atoms. The van der Waals surface area contributed by atoms with E-state index in [2.05, 4.69) is 4.98 Å². The van der Waals surface area contributed by atoms with Gasteiger partial charge in [0.25, 0.3) is 5.91 Å². The van der Waals surface area contributed by atoms with Gasteiger partial charge in [0, 0.05) is 6.20 Å². The first-order valence-electron chi connectivity index (χ1n) is 6.75. The second kappa shape index (κ2) is 4.54. The van der Waals surface area contributed by atoms with Gasteiger partial charge in [-0.2, -0.15) is 0 Å². The highest BCUT2D eigenvalue weighted by Gasteiger charge is 2.70. The van der Waals surface area contributed by atoms with E-state index in [1.807, 2.05) is 0 Å². The maximum absolute atomic E-state index is 12.6. The van der Waals surface area contributed by atoms with Gasteiger partial charge in [0.1, 0.15) is 16.2 Å². The van der Waals surface area contributed by atoms with Crippen molar-refractivity contribution in [3.63, 3.8) is 0 Å². The van der Waals surface area contributed by atoms with Crippen LogP contribution in [-0.2, 0) is 19.4 Å². The van der Waals surface area contributed by atoms with E-state index >= 15 is 0 Å². The number of hydrogen-bond acceptors (Lipinski definition) is 6. The summed E-state index contributed by atoms with van der Waals surface area (Å²) in [4.78, 5) is 28.4. The first kappa shape index (κ1) is 15.5. The summed E-state index contributed by atoms with van der Waals surface area (Å²) in [6.07, 6.45) is 2.58. The van der Waals surface area contributed by atoms with Gasteiger partial charge in [-0.1, -0.05) is 0 Å². The molecule has 2 saturated heterocycles. The number of carboxylic acids is 1. The minimum atomic E-state index is -3.93. The van der Waals surface area contributed by atoms with Crippen molar-refractivity contribution in [2.24, 2.45) is 0 Å². The van der Waals surface area contributed by atoms with Crippen molar-refractivity contribution in [2.45, 2.75) is 30.0 Å². The lowest BCUT2D eigenvalue weighted by Gasteiger charge is -2.37. The Morgan fingerprint density at radius 3 is 2.65 bits per heavy atom. The molecular weight excluding hydrogens is 324 g/mol. The van der Waals surface area contributed by atoms with Crippen molar-refractivity contribution in [3.05, 3.63) is 29.6 Å². The molecule has 9 heteroatoms. The van der Waals surface area contributed by atoms with Gasteiger partial charge in [-0.05, 0) is 32.1 Å². The SMILES string of the molecule is CC1(C)[C@H](C(=O)O)N2C(=O)/C(=C/c3ncccc3O)[C@H]2S1(=O)=O. The van der Waals surface area contributed by atoms with Crippen LogP contribution in [0.5, 0.6) is 5.75 Å². The van der Waals surface area contributed by atoms with Gasteiger partial charge in [-0.3, -0.25) is 9.78 Å². The summed E-state index contributed by atoms with van der Waals surface area (Å²) >= 11 is 0. The quantitative estimate of drug-likeness (QED) is 0.574. The van der Waals surface area contributed by atoms with E-state index in [0.717, 1.165) is 4.90 Å². The molecule has 0 aliphatic carbocycles. The molecule has 2 fully saturated rings. The Balaban J connectivity index is 2.12. The topological polar surface area (TPSA) is 125 Å². The molecule has 0 aromatic carbocycles. The highest BCUT2D eigenvalue weighted by Crippen LogP contribution is 2.48. The molecule has 0 unspecified atom stereocenters. The Kier molecular flexibility index (Phi) is 3.06. The number of fused-ring (bicyclic) bond motifs is 1. The van der Waals surface area contributed by atoms with Crippen LogP contribution in [-0.4, -0.2) is 56.6 Å². The number of hydrogen-bond donors (Lipinski definition) is 2. The lowest BCUT2D eigenvalue weighted by atomic mass is 9.95. The highest BCUT2D eigenvalue weighted by atomic mass is 32.2. The molecule has 0 bridgehead atoms. The number of sulfone groups is 1. The third kappa shape index (κ3) is 1.83. The number of carboxylic acid groups (broad SMARTS) is 1. The van der Waals surface area contributed by atoms with Crippen LogP contribution in [0.25, 0.3) is 6.08 Å². The minimum Gasteiger partial charge on any atom is -0.506 e. The van der Waals surface area contributed by atoms with Crippen molar-refractivity contribution < 1.29 is 28.2 Å². The van der Waals surface area contributed by atoms with E-state index in [4.69, 9.17) is 0 Å². The van der Waals surface area contributed by atoms with Crippen molar-refractivity contribution in [1.82, 2.24) is 9.88 Å². The third-order valence-corrected chi connectivity index (χ3v) is 7.07. The molecule has 1 aromatic heterocycles. The fourth-order valence-corrected chi connectivity index (χ4v) is 5.13. The molecule has 122 valence electrons. The molecule has 2 aliphatic rings. The van der Waals surface area contributed by atoms with E-state index in [0.29, 0.717) is 0 Å². The number of amides is 1. The van der Waals surface area contributed by atoms with Gasteiger partial charge in [0.2, 0.25) is 0 Å². The van der Waals surface area contributed by atoms with E-state index in [1.165, 1.54) is 38.3 Å². The largest absolute Gasteiger partial charge is 0.506 e. The average Bonchev–Trinajstić information content (AvgIpc) is 2.60. The second-order valence-electron chi connectivity index (χ2n) is 5.96. The van der Waals surface area contributed by atoms with Crippen LogP contribution >= 0.6 is 0 Å². The highest BCUT2D eigenvalue weighted by molar-refractivity contribution is 7.94. The second-order valence-corrected chi connectivity index (χ2v) is 8.55. The maximum atomic E-state index is 12.6. The zero-order valence-corrected chi connectivity index (χ0v) is 13.1. The number of rotatable bonds is 2. The number of nitrogens with zero attached hydrogens (tertiary/aromatic N) is 2. The Labute approximate surface area is 132 Å².